The molecular weight excluding hydrogens is 226 g/mol. The molecule has 1 aromatic rings. The van der Waals surface area contributed by atoms with Crippen LogP contribution in [0.1, 0.15) is 23.2 Å². The van der Waals surface area contributed by atoms with E-state index in [9.17, 15) is 13.2 Å². The number of hydrogen-bond donors (Lipinski definition) is 0. The first kappa shape index (κ1) is 11.1. The molecular formula is C11H13NO3S. The van der Waals surface area contributed by atoms with E-state index in [1.165, 1.54) is 10.6 Å². The first-order chi connectivity index (χ1) is 7.50. The van der Waals surface area contributed by atoms with Gasteiger partial charge in [-0.1, -0.05) is 12.1 Å². The molecule has 0 radical (unpaired) electrons. The van der Waals surface area contributed by atoms with Gasteiger partial charge in [-0.15, -0.1) is 0 Å². The molecule has 1 aliphatic rings. The van der Waals surface area contributed by atoms with Gasteiger partial charge in [0.25, 0.3) is 0 Å². The highest BCUT2D eigenvalue weighted by Gasteiger charge is 2.25. The van der Waals surface area contributed by atoms with Crippen molar-refractivity contribution in [3.8, 4) is 0 Å². The molecule has 16 heavy (non-hydrogen) atoms. The monoisotopic (exact) mass is 239 g/mol. The van der Waals surface area contributed by atoms with Crippen molar-refractivity contribution in [3.63, 3.8) is 0 Å². The van der Waals surface area contributed by atoms with Crippen LogP contribution in [0.3, 0.4) is 0 Å². The number of carbonyl (C=O) groups excluding carboxylic acids is 1. The first-order valence-electron chi connectivity index (χ1n) is 5.10. The highest BCUT2D eigenvalue weighted by molar-refractivity contribution is 7.92. The molecule has 0 saturated carbocycles. The van der Waals surface area contributed by atoms with E-state index >= 15 is 0 Å². The molecule has 2 rings (SSSR count). The van der Waals surface area contributed by atoms with E-state index in [2.05, 4.69) is 0 Å². The van der Waals surface area contributed by atoms with E-state index in [0.29, 0.717) is 30.6 Å². The second-order valence-corrected chi connectivity index (χ2v) is 5.79. The van der Waals surface area contributed by atoms with Crippen molar-refractivity contribution in [2.75, 3.05) is 17.1 Å². The maximum atomic E-state index is 11.8. The Kier molecular flexibility index (Phi) is 2.71. The van der Waals surface area contributed by atoms with Crippen LogP contribution in [0.25, 0.3) is 0 Å². The molecule has 0 aromatic heterocycles. The summed E-state index contributed by atoms with van der Waals surface area (Å²) in [6, 6.07) is 6.86. The van der Waals surface area contributed by atoms with Crippen molar-refractivity contribution in [2.45, 2.75) is 12.8 Å². The number of anilines is 1. The average molecular weight is 239 g/mol. The molecule has 0 fully saturated rings. The Labute approximate surface area is 94.9 Å². The zero-order valence-electron chi connectivity index (χ0n) is 9.01. The smallest absolute Gasteiger partial charge is 0.232 e. The zero-order valence-corrected chi connectivity index (χ0v) is 9.83. The summed E-state index contributed by atoms with van der Waals surface area (Å²) < 4.78 is 24.6. The zero-order chi connectivity index (χ0) is 11.8. The minimum atomic E-state index is -3.30. The summed E-state index contributed by atoms with van der Waals surface area (Å²) in [5, 5.41) is 0. The lowest BCUT2D eigenvalue weighted by atomic mass is 10.1. The number of sulfonamides is 1. The molecule has 0 unspecified atom stereocenters. The molecule has 86 valence electrons. The number of ketones is 1. The predicted molar refractivity (Wildman–Crippen MR) is 62.2 cm³/mol. The number of carbonyl (C=O) groups is 1. The fourth-order valence-electron chi connectivity index (χ4n) is 1.91. The first-order valence-corrected chi connectivity index (χ1v) is 6.95. The second kappa shape index (κ2) is 3.90. The molecule has 0 spiro atoms. The average Bonchev–Trinajstić information content (AvgIpc) is 2.38. The SMILES string of the molecule is CS(=O)(=O)N1CCCC(=O)c2ccccc21. The van der Waals surface area contributed by atoms with E-state index in [1.54, 1.807) is 24.3 Å². The van der Waals surface area contributed by atoms with Crippen molar-refractivity contribution < 1.29 is 13.2 Å². The van der Waals surface area contributed by atoms with Crippen LogP contribution >= 0.6 is 0 Å². The topological polar surface area (TPSA) is 54.5 Å². The summed E-state index contributed by atoms with van der Waals surface area (Å²) in [5.74, 6) is 0.0155. The summed E-state index contributed by atoms with van der Waals surface area (Å²) in [7, 11) is -3.30. The van der Waals surface area contributed by atoms with Gasteiger partial charge < -0.3 is 0 Å². The maximum Gasteiger partial charge on any atom is 0.232 e. The maximum absolute atomic E-state index is 11.8. The van der Waals surface area contributed by atoms with Crippen LogP contribution in [0, 0.1) is 0 Å². The van der Waals surface area contributed by atoms with E-state index in [4.69, 9.17) is 0 Å². The van der Waals surface area contributed by atoms with Crippen molar-refractivity contribution in [1.29, 1.82) is 0 Å². The number of Topliss-reactive ketones (excluding diaryl/α,β-unsaturated/α-hetero) is 1. The molecule has 0 bridgehead atoms. The number of benzene rings is 1. The van der Waals surface area contributed by atoms with E-state index < -0.39 is 10.0 Å². The summed E-state index contributed by atoms with van der Waals surface area (Å²) in [4.78, 5) is 11.8. The van der Waals surface area contributed by atoms with Crippen molar-refractivity contribution in [1.82, 2.24) is 0 Å². The third-order valence-corrected chi connectivity index (χ3v) is 3.82. The molecule has 1 aliphatic heterocycles. The molecule has 0 N–H and O–H groups in total. The van der Waals surface area contributed by atoms with Gasteiger partial charge in [-0.25, -0.2) is 8.42 Å². The van der Waals surface area contributed by atoms with Crippen LogP contribution in [0.5, 0.6) is 0 Å². The number of fused-ring (bicyclic) bond motifs is 1. The minimum Gasteiger partial charge on any atom is -0.294 e. The molecule has 1 heterocycles. The van der Waals surface area contributed by atoms with Crippen molar-refractivity contribution in [3.05, 3.63) is 29.8 Å². The third-order valence-electron chi connectivity index (χ3n) is 2.64. The normalized spacial score (nSPS) is 16.8. The van der Waals surface area contributed by atoms with Crippen LogP contribution in [-0.2, 0) is 10.0 Å². The summed E-state index contributed by atoms with van der Waals surface area (Å²) in [6.07, 6.45) is 2.14. The Balaban J connectivity index is 2.60. The lowest BCUT2D eigenvalue weighted by molar-refractivity contribution is 0.0984. The highest BCUT2D eigenvalue weighted by Crippen LogP contribution is 2.27. The number of para-hydroxylation sites is 1. The van der Waals surface area contributed by atoms with Gasteiger partial charge in [0.1, 0.15) is 0 Å². The van der Waals surface area contributed by atoms with Gasteiger partial charge in [0.15, 0.2) is 5.78 Å². The standard InChI is InChI=1S/C11H13NO3S/c1-16(14,15)12-8-4-7-11(13)9-5-2-3-6-10(9)12/h2-3,5-6H,4,7-8H2,1H3. The molecule has 0 atom stereocenters. The number of nitrogens with zero attached hydrogens (tertiary/aromatic N) is 1. The quantitative estimate of drug-likeness (QED) is 0.745. The van der Waals surface area contributed by atoms with Gasteiger partial charge in [0, 0.05) is 18.5 Å². The molecule has 5 heteroatoms. The fraction of sp³-hybridized carbons (Fsp3) is 0.364. The number of hydrogen-bond acceptors (Lipinski definition) is 3. The largest absolute Gasteiger partial charge is 0.294 e. The van der Waals surface area contributed by atoms with E-state index in [-0.39, 0.29) is 5.78 Å². The van der Waals surface area contributed by atoms with Gasteiger partial charge in [0.05, 0.1) is 11.9 Å². The van der Waals surface area contributed by atoms with Gasteiger partial charge in [-0.05, 0) is 18.6 Å². The molecule has 0 amide bonds. The summed E-state index contributed by atoms with van der Waals surface area (Å²) in [6.45, 7) is 0.377. The van der Waals surface area contributed by atoms with E-state index in [1.807, 2.05) is 0 Å². The molecule has 4 nitrogen and oxygen atoms in total. The second-order valence-electron chi connectivity index (χ2n) is 3.88. The highest BCUT2D eigenvalue weighted by atomic mass is 32.2. The lowest BCUT2D eigenvalue weighted by Gasteiger charge is -2.21. The van der Waals surface area contributed by atoms with Crippen LogP contribution in [0.4, 0.5) is 5.69 Å². The fourth-order valence-corrected chi connectivity index (χ4v) is 2.89. The van der Waals surface area contributed by atoms with Crippen LogP contribution in [0.2, 0.25) is 0 Å². The molecule has 0 saturated heterocycles. The van der Waals surface area contributed by atoms with Crippen molar-refractivity contribution in [2.24, 2.45) is 0 Å². The number of rotatable bonds is 1. The van der Waals surface area contributed by atoms with Crippen LogP contribution in [-0.4, -0.2) is 27.0 Å². The molecule has 0 aliphatic carbocycles. The van der Waals surface area contributed by atoms with Crippen molar-refractivity contribution >= 4 is 21.5 Å². The van der Waals surface area contributed by atoms with Gasteiger partial charge >= 0.3 is 0 Å². The Morgan fingerprint density at radius 2 is 1.94 bits per heavy atom. The van der Waals surface area contributed by atoms with Gasteiger partial charge in [-0.2, -0.15) is 0 Å². The van der Waals surface area contributed by atoms with Gasteiger partial charge in [0.2, 0.25) is 10.0 Å². The van der Waals surface area contributed by atoms with Crippen LogP contribution < -0.4 is 4.31 Å². The Hall–Kier alpha value is -1.36. The lowest BCUT2D eigenvalue weighted by Crippen LogP contribution is -2.30. The van der Waals surface area contributed by atoms with Gasteiger partial charge in [-0.3, -0.25) is 9.10 Å². The predicted octanol–water partition coefficient (Wildman–Crippen LogP) is 1.43. The minimum absolute atomic E-state index is 0.0155. The molecule has 1 aromatic carbocycles. The summed E-state index contributed by atoms with van der Waals surface area (Å²) in [5.41, 5.74) is 1.01. The third kappa shape index (κ3) is 1.95. The Bertz CT molecular complexity index is 522. The van der Waals surface area contributed by atoms with Crippen LogP contribution in [0.15, 0.2) is 24.3 Å². The summed E-state index contributed by atoms with van der Waals surface area (Å²) >= 11 is 0. The Morgan fingerprint density at radius 1 is 1.25 bits per heavy atom. The Morgan fingerprint density at radius 3 is 2.62 bits per heavy atom. The van der Waals surface area contributed by atoms with E-state index in [0.717, 1.165) is 0 Å².